The van der Waals surface area contributed by atoms with Gasteiger partial charge in [0.2, 0.25) is 0 Å². The highest BCUT2D eigenvalue weighted by Gasteiger charge is 2.26. The Morgan fingerprint density at radius 1 is 0.974 bits per heavy atom. The van der Waals surface area contributed by atoms with Crippen LogP contribution in [-0.2, 0) is 6.42 Å². The van der Waals surface area contributed by atoms with E-state index in [2.05, 4.69) is 4.90 Å². The van der Waals surface area contributed by atoms with Gasteiger partial charge in [0.05, 0.1) is 12.2 Å². The average molecular weight is 532 g/mol. The number of fused-ring (bicyclic) bond motifs is 1. The molecule has 3 aromatic carbocycles. The molecule has 0 radical (unpaired) electrons. The van der Waals surface area contributed by atoms with E-state index in [0.29, 0.717) is 30.4 Å². The number of hydrogen-bond donors (Lipinski definition) is 1. The molecule has 1 fully saturated rings. The molecule has 0 bridgehead atoms. The molecule has 0 unspecified atom stereocenters. The van der Waals surface area contributed by atoms with Crippen molar-refractivity contribution in [2.45, 2.75) is 39.5 Å². The van der Waals surface area contributed by atoms with Gasteiger partial charge in [-0.3, -0.25) is 9.29 Å². The zero-order chi connectivity index (χ0) is 27.7. The molecule has 1 aliphatic carbocycles. The first-order chi connectivity index (χ1) is 18.8. The van der Waals surface area contributed by atoms with Gasteiger partial charge in [-0.05, 0) is 114 Å². The van der Waals surface area contributed by atoms with E-state index in [1.165, 1.54) is 17.7 Å². The lowest BCUT2D eigenvalue weighted by Crippen LogP contribution is -2.40. The van der Waals surface area contributed by atoms with Gasteiger partial charge in [0.15, 0.2) is 0 Å². The fourth-order valence-electron chi connectivity index (χ4n) is 5.79. The summed E-state index contributed by atoms with van der Waals surface area (Å²) in [7, 11) is 0. The molecule has 5 rings (SSSR count). The number of benzene rings is 3. The molecule has 202 valence electrons. The Bertz CT molecular complexity index is 1500. The zero-order valence-corrected chi connectivity index (χ0v) is 22.3. The highest BCUT2D eigenvalue weighted by molar-refractivity contribution is 6.01. The number of halogens is 3. The third-order valence-electron chi connectivity index (χ3n) is 7.83. The highest BCUT2D eigenvalue weighted by Crippen LogP contribution is 2.42. The standard InChI is InChI=1S/C33H32F3NO2/c1-20-15-26(35)9-12-27(20)29-6-3-5-24-17-25(33(38)39)8-10-28(24)31(29)30-11-7-23(21(2)32(30)36)16-22-18-37(19-22)14-4-13-34/h7-12,15-17H,3-6,13-14,18-19H2,1-2H3,(H,38,39). The Kier molecular flexibility index (Phi) is 7.76. The van der Waals surface area contributed by atoms with E-state index in [1.54, 1.807) is 31.2 Å². The van der Waals surface area contributed by atoms with Gasteiger partial charge < -0.3 is 5.11 Å². The molecule has 1 aliphatic heterocycles. The minimum atomic E-state index is -0.999. The highest BCUT2D eigenvalue weighted by atomic mass is 19.1. The summed E-state index contributed by atoms with van der Waals surface area (Å²) in [5.41, 5.74) is 8.18. The van der Waals surface area contributed by atoms with Crippen LogP contribution in [0.5, 0.6) is 0 Å². The molecule has 2 aliphatic rings. The van der Waals surface area contributed by atoms with Gasteiger partial charge in [0, 0.05) is 25.2 Å². The quantitative estimate of drug-likeness (QED) is 0.341. The number of aromatic carboxylic acids is 1. The first kappa shape index (κ1) is 26.9. The van der Waals surface area contributed by atoms with Gasteiger partial charge in [-0.1, -0.05) is 30.3 Å². The number of rotatable bonds is 7. The largest absolute Gasteiger partial charge is 0.478 e. The summed E-state index contributed by atoms with van der Waals surface area (Å²) in [6.07, 6.45) is 4.62. The summed E-state index contributed by atoms with van der Waals surface area (Å²) in [4.78, 5) is 13.8. The molecule has 0 saturated carbocycles. The zero-order valence-electron chi connectivity index (χ0n) is 22.3. The van der Waals surface area contributed by atoms with E-state index in [1.807, 2.05) is 25.1 Å². The normalized spacial score (nSPS) is 15.6. The smallest absolute Gasteiger partial charge is 0.335 e. The maximum atomic E-state index is 16.3. The topological polar surface area (TPSA) is 40.5 Å². The third kappa shape index (κ3) is 5.44. The van der Waals surface area contributed by atoms with Crippen molar-refractivity contribution in [2.75, 3.05) is 26.3 Å². The first-order valence-corrected chi connectivity index (χ1v) is 13.4. The van der Waals surface area contributed by atoms with Crippen molar-refractivity contribution in [3.8, 4) is 0 Å². The van der Waals surface area contributed by atoms with Crippen LogP contribution in [-0.4, -0.2) is 42.3 Å². The second kappa shape index (κ2) is 11.2. The SMILES string of the molecule is Cc1cc(F)ccc1C1=C(c2ccc(C=C3CN(CCCF)C3)c(C)c2F)c2ccc(C(=O)O)cc2CCC1. The third-order valence-corrected chi connectivity index (χ3v) is 7.83. The molecule has 6 heteroatoms. The van der Waals surface area contributed by atoms with E-state index in [0.717, 1.165) is 65.0 Å². The van der Waals surface area contributed by atoms with Crippen LogP contribution in [0.4, 0.5) is 13.2 Å². The van der Waals surface area contributed by atoms with Crippen LogP contribution in [0.15, 0.2) is 54.1 Å². The Morgan fingerprint density at radius 2 is 1.72 bits per heavy atom. The van der Waals surface area contributed by atoms with Crippen LogP contribution in [0.3, 0.4) is 0 Å². The number of carboxylic acids is 1. The molecule has 3 aromatic rings. The molecule has 1 N–H and O–H groups in total. The van der Waals surface area contributed by atoms with Crippen molar-refractivity contribution in [3.63, 3.8) is 0 Å². The van der Waals surface area contributed by atoms with Gasteiger partial charge in [-0.15, -0.1) is 0 Å². The lowest BCUT2D eigenvalue weighted by molar-refractivity contribution is 0.0696. The molecular weight excluding hydrogens is 499 g/mol. The second-order valence-electron chi connectivity index (χ2n) is 10.5. The van der Waals surface area contributed by atoms with Gasteiger partial charge in [-0.25, -0.2) is 13.6 Å². The van der Waals surface area contributed by atoms with E-state index in [9.17, 15) is 18.7 Å². The maximum Gasteiger partial charge on any atom is 0.335 e. The fraction of sp³-hybridized carbons (Fsp3) is 0.303. The van der Waals surface area contributed by atoms with Crippen molar-refractivity contribution >= 4 is 23.2 Å². The van der Waals surface area contributed by atoms with Crippen molar-refractivity contribution < 1.29 is 23.1 Å². The number of nitrogens with zero attached hydrogens (tertiary/aromatic N) is 1. The number of alkyl halides is 1. The van der Waals surface area contributed by atoms with Crippen LogP contribution >= 0.6 is 0 Å². The van der Waals surface area contributed by atoms with Crippen LogP contribution in [0.25, 0.3) is 17.2 Å². The molecule has 1 heterocycles. The van der Waals surface area contributed by atoms with Crippen LogP contribution in [0.2, 0.25) is 0 Å². The minimum absolute atomic E-state index is 0.203. The fourth-order valence-corrected chi connectivity index (χ4v) is 5.79. The van der Waals surface area contributed by atoms with Gasteiger partial charge >= 0.3 is 5.97 Å². The molecular formula is C33H32F3NO2. The van der Waals surface area contributed by atoms with Crippen LogP contribution in [0.1, 0.15) is 68.6 Å². The van der Waals surface area contributed by atoms with Gasteiger partial charge in [0.25, 0.3) is 0 Å². The summed E-state index contributed by atoms with van der Waals surface area (Å²) in [6, 6.07) is 13.5. The van der Waals surface area contributed by atoms with E-state index in [-0.39, 0.29) is 23.9 Å². The second-order valence-corrected chi connectivity index (χ2v) is 10.5. The number of carbonyl (C=O) groups is 1. The summed E-state index contributed by atoms with van der Waals surface area (Å²) >= 11 is 0. The van der Waals surface area contributed by atoms with Gasteiger partial charge in [-0.2, -0.15) is 0 Å². The number of aryl methyl sites for hydroxylation is 2. The van der Waals surface area contributed by atoms with E-state index in [4.69, 9.17) is 0 Å². The summed E-state index contributed by atoms with van der Waals surface area (Å²) < 4.78 is 42.7. The summed E-state index contributed by atoms with van der Waals surface area (Å²) in [5, 5.41) is 9.57. The Balaban J connectivity index is 1.64. The summed E-state index contributed by atoms with van der Waals surface area (Å²) in [6.45, 7) is 5.57. The monoisotopic (exact) mass is 531 g/mol. The predicted octanol–water partition coefficient (Wildman–Crippen LogP) is 7.63. The number of carboxylic acid groups (broad SMARTS) is 1. The molecule has 3 nitrogen and oxygen atoms in total. The van der Waals surface area contributed by atoms with E-state index >= 15 is 4.39 Å². The van der Waals surface area contributed by atoms with Crippen LogP contribution in [0, 0.1) is 25.5 Å². The average Bonchev–Trinajstić information content (AvgIpc) is 3.07. The lowest BCUT2D eigenvalue weighted by atomic mass is 9.84. The van der Waals surface area contributed by atoms with Gasteiger partial charge in [0.1, 0.15) is 11.6 Å². The summed E-state index contributed by atoms with van der Waals surface area (Å²) in [5.74, 6) is -1.64. The molecule has 0 amide bonds. The molecule has 39 heavy (non-hydrogen) atoms. The predicted molar refractivity (Wildman–Crippen MR) is 150 cm³/mol. The minimum Gasteiger partial charge on any atom is -0.478 e. The molecule has 0 aromatic heterocycles. The molecule has 1 saturated heterocycles. The van der Waals surface area contributed by atoms with E-state index < -0.39 is 5.97 Å². The Labute approximate surface area is 227 Å². The molecule has 0 atom stereocenters. The number of likely N-dealkylation sites (tertiary alicyclic amines) is 1. The number of allylic oxidation sites excluding steroid dienone is 1. The Hall–Kier alpha value is -3.64. The number of hydrogen-bond acceptors (Lipinski definition) is 2. The lowest BCUT2D eigenvalue weighted by Gasteiger charge is -2.34. The first-order valence-electron chi connectivity index (χ1n) is 13.4. The Morgan fingerprint density at radius 3 is 2.44 bits per heavy atom. The van der Waals surface area contributed by atoms with Crippen molar-refractivity contribution in [1.82, 2.24) is 4.90 Å². The van der Waals surface area contributed by atoms with Crippen molar-refractivity contribution in [2.24, 2.45) is 0 Å². The molecule has 0 spiro atoms. The van der Waals surface area contributed by atoms with Crippen molar-refractivity contribution in [3.05, 3.63) is 110 Å². The van der Waals surface area contributed by atoms with Crippen LogP contribution < -0.4 is 0 Å². The van der Waals surface area contributed by atoms with Crippen molar-refractivity contribution in [1.29, 1.82) is 0 Å². The maximum absolute atomic E-state index is 16.3.